The molecule has 0 aliphatic heterocycles. The van der Waals surface area contributed by atoms with E-state index in [2.05, 4.69) is 29.8 Å². The molecule has 0 spiro atoms. The monoisotopic (exact) mass is 301 g/mol. The Labute approximate surface area is 113 Å². The van der Waals surface area contributed by atoms with Gasteiger partial charge in [-0.05, 0) is 37.0 Å². The topological polar surface area (TPSA) is 20.3 Å². The SMILES string of the molecule is CN(CC1CC(Br)C1)C(=O)C1CCCC1(C)C. The van der Waals surface area contributed by atoms with Crippen molar-refractivity contribution < 1.29 is 4.79 Å². The summed E-state index contributed by atoms with van der Waals surface area (Å²) < 4.78 is 0. The molecule has 0 aromatic carbocycles. The lowest BCUT2D eigenvalue weighted by molar-refractivity contribution is -0.137. The van der Waals surface area contributed by atoms with Crippen LogP contribution in [0, 0.1) is 17.3 Å². The third kappa shape index (κ3) is 2.86. The minimum absolute atomic E-state index is 0.211. The fourth-order valence-electron chi connectivity index (χ4n) is 3.33. The maximum absolute atomic E-state index is 12.4. The van der Waals surface area contributed by atoms with E-state index in [-0.39, 0.29) is 11.3 Å². The summed E-state index contributed by atoms with van der Waals surface area (Å²) in [5, 5.41) is 0. The van der Waals surface area contributed by atoms with Crippen LogP contribution in [0.25, 0.3) is 0 Å². The van der Waals surface area contributed by atoms with Crippen LogP contribution in [0.4, 0.5) is 0 Å². The molecule has 98 valence electrons. The molecule has 2 saturated carbocycles. The fraction of sp³-hybridized carbons (Fsp3) is 0.929. The van der Waals surface area contributed by atoms with Gasteiger partial charge in [-0.15, -0.1) is 0 Å². The normalized spacial score (nSPS) is 35.4. The Morgan fingerprint density at radius 2 is 2.06 bits per heavy atom. The van der Waals surface area contributed by atoms with Gasteiger partial charge in [0, 0.05) is 24.3 Å². The first-order valence-electron chi connectivity index (χ1n) is 6.79. The highest BCUT2D eigenvalue weighted by atomic mass is 79.9. The van der Waals surface area contributed by atoms with Crippen molar-refractivity contribution in [3.63, 3.8) is 0 Å². The molecule has 2 aliphatic rings. The molecule has 1 atom stereocenters. The first kappa shape index (κ1) is 13.4. The summed E-state index contributed by atoms with van der Waals surface area (Å²) in [6.07, 6.45) is 5.95. The van der Waals surface area contributed by atoms with E-state index in [1.807, 2.05) is 11.9 Å². The van der Waals surface area contributed by atoms with E-state index >= 15 is 0 Å². The number of hydrogen-bond acceptors (Lipinski definition) is 1. The first-order valence-corrected chi connectivity index (χ1v) is 7.71. The molecular weight excluding hydrogens is 278 g/mol. The van der Waals surface area contributed by atoms with Gasteiger partial charge in [0.2, 0.25) is 5.91 Å². The molecule has 0 N–H and O–H groups in total. The van der Waals surface area contributed by atoms with E-state index in [1.165, 1.54) is 25.7 Å². The van der Waals surface area contributed by atoms with Crippen LogP contribution >= 0.6 is 15.9 Å². The van der Waals surface area contributed by atoms with Gasteiger partial charge in [-0.1, -0.05) is 36.2 Å². The van der Waals surface area contributed by atoms with Crippen LogP contribution in [0.5, 0.6) is 0 Å². The van der Waals surface area contributed by atoms with Gasteiger partial charge in [0.25, 0.3) is 0 Å². The lowest BCUT2D eigenvalue weighted by Gasteiger charge is -2.36. The second-order valence-electron chi connectivity index (χ2n) is 6.59. The summed E-state index contributed by atoms with van der Waals surface area (Å²) in [7, 11) is 1.98. The van der Waals surface area contributed by atoms with Gasteiger partial charge < -0.3 is 4.90 Å². The predicted octanol–water partition coefficient (Wildman–Crippen LogP) is 3.44. The summed E-state index contributed by atoms with van der Waals surface area (Å²) in [5.74, 6) is 1.36. The lowest BCUT2D eigenvalue weighted by atomic mass is 9.80. The minimum Gasteiger partial charge on any atom is -0.345 e. The molecule has 17 heavy (non-hydrogen) atoms. The van der Waals surface area contributed by atoms with E-state index < -0.39 is 0 Å². The number of nitrogens with zero attached hydrogens (tertiary/aromatic N) is 1. The van der Waals surface area contributed by atoms with Gasteiger partial charge >= 0.3 is 0 Å². The van der Waals surface area contributed by atoms with Crippen molar-refractivity contribution in [2.24, 2.45) is 17.3 Å². The van der Waals surface area contributed by atoms with Crippen molar-refractivity contribution in [3.05, 3.63) is 0 Å². The third-order valence-electron chi connectivity index (χ3n) is 4.64. The van der Waals surface area contributed by atoms with Crippen molar-refractivity contribution in [1.29, 1.82) is 0 Å². The van der Waals surface area contributed by atoms with E-state index in [0.29, 0.717) is 10.7 Å². The third-order valence-corrected chi connectivity index (χ3v) is 5.39. The highest BCUT2D eigenvalue weighted by Gasteiger charge is 2.41. The van der Waals surface area contributed by atoms with Crippen LogP contribution in [-0.2, 0) is 4.79 Å². The molecule has 1 unspecified atom stereocenters. The molecule has 0 bridgehead atoms. The highest BCUT2D eigenvalue weighted by Crippen LogP contribution is 2.43. The largest absolute Gasteiger partial charge is 0.345 e. The Balaban J connectivity index is 1.86. The summed E-state index contributed by atoms with van der Waals surface area (Å²) >= 11 is 3.61. The van der Waals surface area contributed by atoms with Gasteiger partial charge in [-0.2, -0.15) is 0 Å². The summed E-state index contributed by atoms with van der Waals surface area (Å²) in [6, 6.07) is 0. The summed E-state index contributed by atoms with van der Waals surface area (Å²) in [4.78, 5) is 15.1. The van der Waals surface area contributed by atoms with Crippen LogP contribution in [-0.4, -0.2) is 29.2 Å². The Morgan fingerprint density at radius 3 is 2.53 bits per heavy atom. The smallest absolute Gasteiger partial charge is 0.225 e. The van der Waals surface area contributed by atoms with E-state index in [4.69, 9.17) is 0 Å². The number of carbonyl (C=O) groups excluding carboxylic acids is 1. The quantitative estimate of drug-likeness (QED) is 0.731. The maximum Gasteiger partial charge on any atom is 0.225 e. The average Bonchev–Trinajstić information content (AvgIpc) is 2.54. The van der Waals surface area contributed by atoms with Crippen LogP contribution in [0.1, 0.15) is 46.0 Å². The molecule has 3 heteroatoms. The van der Waals surface area contributed by atoms with E-state index in [0.717, 1.165) is 18.9 Å². The van der Waals surface area contributed by atoms with Gasteiger partial charge in [-0.25, -0.2) is 0 Å². The van der Waals surface area contributed by atoms with Crippen molar-refractivity contribution >= 4 is 21.8 Å². The number of amides is 1. The van der Waals surface area contributed by atoms with Gasteiger partial charge in [-0.3, -0.25) is 4.79 Å². The molecule has 0 aromatic rings. The number of rotatable bonds is 3. The lowest BCUT2D eigenvalue weighted by Crippen LogP contribution is -2.42. The van der Waals surface area contributed by atoms with Crippen molar-refractivity contribution in [1.82, 2.24) is 4.90 Å². The Bertz CT molecular complexity index is 297. The minimum atomic E-state index is 0.211. The van der Waals surface area contributed by atoms with Crippen molar-refractivity contribution in [2.45, 2.75) is 50.8 Å². The van der Waals surface area contributed by atoms with Crippen LogP contribution in [0.3, 0.4) is 0 Å². The molecule has 0 heterocycles. The Kier molecular flexibility index (Phi) is 3.86. The van der Waals surface area contributed by atoms with E-state index in [1.54, 1.807) is 0 Å². The standard InChI is InChI=1S/C14H24BrNO/c1-14(2)6-4-5-12(14)13(17)16(3)9-10-7-11(15)8-10/h10-12H,4-9H2,1-3H3. The Morgan fingerprint density at radius 1 is 1.41 bits per heavy atom. The number of carbonyl (C=O) groups is 1. The van der Waals surface area contributed by atoms with Crippen molar-refractivity contribution in [3.8, 4) is 0 Å². The maximum atomic E-state index is 12.4. The number of halogens is 1. The molecule has 0 radical (unpaired) electrons. The molecule has 0 saturated heterocycles. The number of alkyl halides is 1. The summed E-state index contributed by atoms with van der Waals surface area (Å²) in [6.45, 7) is 5.44. The molecular formula is C14H24BrNO. The Hall–Kier alpha value is -0.0500. The zero-order chi connectivity index (χ0) is 12.6. The van der Waals surface area contributed by atoms with Gasteiger partial charge in [0.15, 0.2) is 0 Å². The molecule has 0 aromatic heterocycles. The first-order chi connectivity index (χ1) is 7.90. The van der Waals surface area contributed by atoms with Gasteiger partial charge in [0.05, 0.1) is 0 Å². The molecule has 2 rings (SSSR count). The summed E-state index contributed by atoms with van der Waals surface area (Å²) in [5.41, 5.74) is 0.211. The van der Waals surface area contributed by atoms with Gasteiger partial charge in [0.1, 0.15) is 0 Å². The second kappa shape index (κ2) is 4.91. The zero-order valence-corrected chi connectivity index (χ0v) is 12.8. The van der Waals surface area contributed by atoms with E-state index in [9.17, 15) is 4.79 Å². The van der Waals surface area contributed by atoms with Crippen LogP contribution in [0.2, 0.25) is 0 Å². The zero-order valence-electron chi connectivity index (χ0n) is 11.2. The molecule has 2 aliphatic carbocycles. The molecule has 1 amide bonds. The fourth-order valence-corrected chi connectivity index (χ4v) is 4.39. The average molecular weight is 302 g/mol. The predicted molar refractivity (Wildman–Crippen MR) is 74.2 cm³/mol. The molecule has 2 nitrogen and oxygen atoms in total. The van der Waals surface area contributed by atoms with Crippen LogP contribution < -0.4 is 0 Å². The number of hydrogen-bond donors (Lipinski definition) is 0. The van der Waals surface area contributed by atoms with Crippen molar-refractivity contribution in [2.75, 3.05) is 13.6 Å². The van der Waals surface area contributed by atoms with Crippen LogP contribution in [0.15, 0.2) is 0 Å². The highest BCUT2D eigenvalue weighted by molar-refractivity contribution is 9.09. The molecule has 2 fully saturated rings. The second-order valence-corrected chi connectivity index (χ2v) is 7.88.